The predicted molar refractivity (Wildman–Crippen MR) is 101 cm³/mol. The molecule has 1 aromatic heterocycles. The van der Waals surface area contributed by atoms with Crippen LogP contribution < -0.4 is 11.2 Å². The molecule has 134 valence electrons. The van der Waals surface area contributed by atoms with Crippen molar-refractivity contribution in [3.63, 3.8) is 0 Å². The normalized spacial score (nSPS) is 15.3. The van der Waals surface area contributed by atoms with Crippen molar-refractivity contribution in [2.45, 2.75) is 57.0 Å². The molecule has 1 aliphatic carbocycles. The van der Waals surface area contributed by atoms with E-state index in [0.29, 0.717) is 11.1 Å². The largest absolute Gasteiger partial charge is 0.336 e. The Kier molecular flexibility index (Phi) is 5.63. The Morgan fingerprint density at radius 1 is 1.24 bits per heavy atom. The van der Waals surface area contributed by atoms with Crippen LogP contribution in [0.2, 0.25) is 0 Å². The monoisotopic (exact) mass is 359 g/mol. The van der Waals surface area contributed by atoms with Gasteiger partial charge in [0, 0.05) is 11.6 Å². The average Bonchev–Trinajstić information content (AvgIpc) is 2.98. The Morgan fingerprint density at radius 2 is 1.92 bits per heavy atom. The molecule has 3 rings (SSSR count). The lowest BCUT2D eigenvalue weighted by Crippen LogP contribution is -2.20. The zero-order valence-electron chi connectivity index (χ0n) is 14.8. The van der Waals surface area contributed by atoms with Crippen LogP contribution >= 0.6 is 11.8 Å². The number of aryl methyl sites for hydroxylation is 2. The van der Waals surface area contributed by atoms with E-state index in [2.05, 4.69) is 15.5 Å². The number of nitrogen functional groups attached to an aromatic ring is 1. The molecule has 0 bridgehead atoms. The lowest BCUT2D eigenvalue weighted by Gasteiger charge is -2.20. The van der Waals surface area contributed by atoms with Crippen LogP contribution in [0.4, 0.5) is 5.69 Å². The molecule has 2 aromatic rings. The number of nitrogens with zero attached hydrogens (tertiary/aromatic N) is 3. The number of hydrogen-bond acceptors (Lipinski definition) is 5. The first kappa shape index (κ1) is 17.8. The van der Waals surface area contributed by atoms with Crippen molar-refractivity contribution in [3.8, 4) is 0 Å². The van der Waals surface area contributed by atoms with E-state index in [1.807, 2.05) is 32.0 Å². The van der Waals surface area contributed by atoms with Gasteiger partial charge in [-0.15, -0.1) is 10.2 Å². The fraction of sp³-hybridized carbons (Fsp3) is 0.500. The summed E-state index contributed by atoms with van der Waals surface area (Å²) in [5.74, 6) is 7.59. The summed E-state index contributed by atoms with van der Waals surface area (Å²) in [6.45, 7) is 3.98. The van der Waals surface area contributed by atoms with Crippen molar-refractivity contribution in [2.75, 3.05) is 16.9 Å². The molecular weight excluding hydrogens is 334 g/mol. The highest BCUT2D eigenvalue weighted by Crippen LogP contribution is 2.32. The maximum Gasteiger partial charge on any atom is 0.234 e. The number of hydrogen-bond donors (Lipinski definition) is 2. The van der Waals surface area contributed by atoms with Crippen molar-refractivity contribution in [2.24, 2.45) is 0 Å². The van der Waals surface area contributed by atoms with Crippen LogP contribution in [-0.4, -0.2) is 26.5 Å². The summed E-state index contributed by atoms with van der Waals surface area (Å²) in [5, 5.41) is 12.0. The molecule has 0 atom stereocenters. The van der Waals surface area contributed by atoms with Crippen LogP contribution in [0.15, 0.2) is 23.4 Å². The van der Waals surface area contributed by atoms with Gasteiger partial charge >= 0.3 is 0 Å². The van der Waals surface area contributed by atoms with Crippen LogP contribution in [0.1, 0.15) is 55.0 Å². The lowest BCUT2D eigenvalue weighted by molar-refractivity contribution is -0.113. The molecule has 0 aliphatic heterocycles. The molecule has 25 heavy (non-hydrogen) atoms. The summed E-state index contributed by atoms with van der Waals surface area (Å²) in [6.07, 6.45) is 5.96. The zero-order chi connectivity index (χ0) is 17.8. The third kappa shape index (κ3) is 4.15. The maximum absolute atomic E-state index is 12.3. The summed E-state index contributed by atoms with van der Waals surface area (Å²) < 4.78 is 1.56. The molecular formula is C18H25N5OS. The highest BCUT2D eigenvalue weighted by atomic mass is 32.2. The molecule has 3 N–H and O–H groups in total. The van der Waals surface area contributed by atoms with Crippen LogP contribution in [0.25, 0.3) is 0 Å². The molecule has 0 unspecified atom stereocenters. The molecule has 1 heterocycles. The first-order chi connectivity index (χ1) is 12.1. The number of nitrogens with two attached hydrogens (primary N) is 1. The van der Waals surface area contributed by atoms with E-state index in [0.717, 1.165) is 35.5 Å². The van der Waals surface area contributed by atoms with Crippen LogP contribution in [-0.2, 0) is 4.79 Å². The Bertz CT molecular complexity index is 732. The van der Waals surface area contributed by atoms with Gasteiger partial charge in [-0.1, -0.05) is 49.2 Å². The number of carbonyl (C=O) groups is 1. The quantitative estimate of drug-likeness (QED) is 0.631. The van der Waals surface area contributed by atoms with E-state index >= 15 is 0 Å². The van der Waals surface area contributed by atoms with E-state index in [1.165, 1.54) is 31.0 Å². The second-order valence-electron chi connectivity index (χ2n) is 6.65. The fourth-order valence-corrected chi connectivity index (χ4v) is 4.01. The van der Waals surface area contributed by atoms with Gasteiger partial charge in [-0.3, -0.25) is 4.79 Å². The zero-order valence-corrected chi connectivity index (χ0v) is 15.6. The first-order valence-corrected chi connectivity index (χ1v) is 9.74. The summed E-state index contributed by atoms with van der Waals surface area (Å²) in [5.41, 5.74) is 2.99. The smallest absolute Gasteiger partial charge is 0.234 e. The Hall–Kier alpha value is -2.02. The first-order valence-electron chi connectivity index (χ1n) is 8.75. The molecule has 1 amide bonds. The van der Waals surface area contributed by atoms with Crippen molar-refractivity contribution < 1.29 is 4.79 Å². The van der Waals surface area contributed by atoms with E-state index < -0.39 is 0 Å². The molecule has 7 heteroatoms. The minimum absolute atomic E-state index is 0.0652. The van der Waals surface area contributed by atoms with Crippen LogP contribution in [0.5, 0.6) is 0 Å². The Balaban J connectivity index is 1.60. The number of thioether (sulfide) groups is 1. The SMILES string of the molecule is Cc1cccc(C)c1NC(=O)CSc1nnc(C2CCCCC2)n1N. The third-order valence-electron chi connectivity index (χ3n) is 4.74. The molecule has 0 radical (unpaired) electrons. The molecule has 0 saturated heterocycles. The van der Waals surface area contributed by atoms with Gasteiger partial charge in [0.05, 0.1) is 5.75 Å². The highest BCUT2D eigenvalue weighted by molar-refractivity contribution is 7.99. The number of para-hydroxylation sites is 1. The molecule has 6 nitrogen and oxygen atoms in total. The second kappa shape index (κ2) is 7.91. The fourth-order valence-electron chi connectivity index (χ4n) is 3.34. The predicted octanol–water partition coefficient (Wildman–Crippen LogP) is 3.39. The number of anilines is 1. The standard InChI is InChI=1S/C18H25N5OS/c1-12-7-6-8-13(2)16(12)20-15(24)11-25-18-22-21-17(23(18)19)14-9-4-3-5-10-14/h6-8,14H,3-5,9-11,19H2,1-2H3,(H,20,24). The van der Waals surface area contributed by atoms with Gasteiger partial charge in [0.15, 0.2) is 5.82 Å². The molecule has 1 aliphatic rings. The molecule has 1 saturated carbocycles. The number of amides is 1. The third-order valence-corrected chi connectivity index (χ3v) is 5.68. The van der Waals surface area contributed by atoms with E-state index in [1.54, 1.807) is 4.68 Å². The van der Waals surface area contributed by atoms with Gasteiger partial charge in [0.25, 0.3) is 0 Å². The number of carbonyl (C=O) groups excluding carboxylic acids is 1. The van der Waals surface area contributed by atoms with Crippen molar-refractivity contribution >= 4 is 23.4 Å². The minimum Gasteiger partial charge on any atom is -0.336 e. The van der Waals surface area contributed by atoms with Crippen LogP contribution in [0, 0.1) is 13.8 Å². The summed E-state index contributed by atoms with van der Waals surface area (Å²) in [7, 11) is 0. The van der Waals surface area contributed by atoms with Gasteiger partial charge in [-0.2, -0.15) is 0 Å². The van der Waals surface area contributed by atoms with E-state index in [-0.39, 0.29) is 11.7 Å². The lowest BCUT2D eigenvalue weighted by atomic mass is 9.89. The number of benzene rings is 1. The van der Waals surface area contributed by atoms with Gasteiger partial charge < -0.3 is 11.2 Å². The summed E-state index contributed by atoms with van der Waals surface area (Å²) >= 11 is 1.32. The highest BCUT2D eigenvalue weighted by Gasteiger charge is 2.22. The van der Waals surface area contributed by atoms with Gasteiger partial charge in [0.2, 0.25) is 11.1 Å². The van der Waals surface area contributed by atoms with Gasteiger partial charge in [-0.05, 0) is 37.8 Å². The summed E-state index contributed by atoms with van der Waals surface area (Å²) in [4.78, 5) is 12.3. The number of aromatic nitrogens is 3. The van der Waals surface area contributed by atoms with Crippen molar-refractivity contribution in [1.29, 1.82) is 0 Å². The maximum atomic E-state index is 12.3. The van der Waals surface area contributed by atoms with E-state index in [9.17, 15) is 4.79 Å². The minimum atomic E-state index is -0.0652. The van der Waals surface area contributed by atoms with Crippen molar-refractivity contribution in [3.05, 3.63) is 35.2 Å². The number of nitrogens with one attached hydrogen (secondary N) is 1. The Morgan fingerprint density at radius 3 is 2.60 bits per heavy atom. The second-order valence-corrected chi connectivity index (χ2v) is 7.59. The topological polar surface area (TPSA) is 85.8 Å². The van der Waals surface area contributed by atoms with Crippen molar-refractivity contribution in [1.82, 2.24) is 14.9 Å². The van der Waals surface area contributed by atoms with Crippen LogP contribution in [0.3, 0.4) is 0 Å². The molecule has 1 aromatic carbocycles. The number of rotatable bonds is 5. The van der Waals surface area contributed by atoms with Gasteiger partial charge in [0.1, 0.15) is 0 Å². The average molecular weight is 359 g/mol. The molecule has 1 fully saturated rings. The van der Waals surface area contributed by atoms with Gasteiger partial charge in [-0.25, -0.2) is 4.68 Å². The summed E-state index contributed by atoms with van der Waals surface area (Å²) in [6, 6.07) is 5.96. The van der Waals surface area contributed by atoms with E-state index in [4.69, 9.17) is 5.84 Å². The Labute approximate surface area is 152 Å². The molecule has 0 spiro atoms.